The van der Waals surface area contributed by atoms with Gasteiger partial charge in [-0.1, -0.05) is 24.3 Å². The molecule has 0 aliphatic heterocycles. The monoisotopic (exact) mass is 478 g/mol. The van der Waals surface area contributed by atoms with Crippen molar-refractivity contribution in [2.45, 2.75) is 17.9 Å². The summed E-state index contributed by atoms with van der Waals surface area (Å²) in [4.78, 5) is 28.4. The van der Waals surface area contributed by atoms with Gasteiger partial charge in [0.1, 0.15) is 5.75 Å². The Kier molecular flexibility index (Phi) is 6.38. The molecular weight excluding hydrogens is 456 g/mol. The van der Waals surface area contributed by atoms with Crippen LogP contribution in [0.4, 0.5) is 5.69 Å². The SMILES string of the molecule is COc1ccc(NS(=O)(=O)c2cccc(C(=O)OC(C)C(=O)c3c[nH]c4ccccc34)c2)cc1. The van der Waals surface area contributed by atoms with Crippen LogP contribution in [0.25, 0.3) is 10.9 Å². The number of carbonyl (C=O) groups excluding carboxylic acids is 2. The molecule has 34 heavy (non-hydrogen) atoms. The summed E-state index contributed by atoms with van der Waals surface area (Å²) < 4.78 is 38.4. The number of fused-ring (bicyclic) bond motifs is 1. The molecule has 174 valence electrons. The third-order valence-electron chi connectivity index (χ3n) is 5.23. The van der Waals surface area contributed by atoms with Crippen LogP contribution < -0.4 is 9.46 Å². The minimum absolute atomic E-state index is 0.0104. The fraction of sp³-hybridized carbons (Fsp3) is 0.120. The van der Waals surface area contributed by atoms with Gasteiger partial charge in [0.05, 0.1) is 17.6 Å². The van der Waals surface area contributed by atoms with Gasteiger partial charge in [0, 0.05) is 28.4 Å². The first-order chi connectivity index (χ1) is 16.3. The Hall–Kier alpha value is -4.11. The number of carbonyl (C=O) groups is 2. The lowest BCUT2D eigenvalue weighted by atomic mass is 10.1. The van der Waals surface area contributed by atoms with Crippen LogP contribution in [-0.2, 0) is 14.8 Å². The zero-order valence-electron chi connectivity index (χ0n) is 18.4. The molecule has 0 aliphatic rings. The molecule has 0 saturated carbocycles. The molecule has 1 aromatic heterocycles. The number of hydrogen-bond acceptors (Lipinski definition) is 6. The molecule has 1 atom stereocenters. The second kappa shape index (κ2) is 9.40. The van der Waals surface area contributed by atoms with Crippen LogP contribution in [-0.4, -0.2) is 38.4 Å². The standard InChI is InChI=1S/C25H22N2O6S/c1-16(24(28)22-15-26-23-9-4-3-8-21(22)23)33-25(29)17-6-5-7-20(14-17)34(30,31)27-18-10-12-19(32-2)13-11-18/h3-16,26-27H,1-2H3. The fourth-order valence-electron chi connectivity index (χ4n) is 3.44. The lowest BCUT2D eigenvalue weighted by molar-refractivity contribution is 0.0319. The molecule has 4 rings (SSSR count). The molecule has 0 radical (unpaired) electrons. The largest absolute Gasteiger partial charge is 0.497 e. The number of hydrogen-bond donors (Lipinski definition) is 2. The van der Waals surface area contributed by atoms with E-state index in [1.807, 2.05) is 18.2 Å². The van der Waals surface area contributed by atoms with Gasteiger partial charge in [-0.2, -0.15) is 0 Å². The first-order valence-corrected chi connectivity index (χ1v) is 11.8. The van der Waals surface area contributed by atoms with Gasteiger partial charge in [-0.3, -0.25) is 9.52 Å². The number of sulfonamides is 1. The second-order valence-electron chi connectivity index (χ2n) is 7.52. The van der Waals surface area contributed by atoms with Gasteiger partial charge in [0.25, 0.3) is 10.0 Å². The highest BCUT2D eigenvalue weighted by atomic mass is 32.2. The van der Waals surface area contributed by atoms with E-state index in [0.29, 0.717) is 17.0 Å². The molecule has 0 amide bonds. The number of ketones is 1. The van der Waals surface area contributed by atoms with E-state index in [0.717, 1.165) is 10.9 Å². The van der Waals surface area contributed by atoms with Gasteiger partial charge < -0.3 is 14.5 Å². The highest BCUT2D eigenvalue weighted by Gasteiger charge is 2.24. The van der Waals surface area contributed by atoms with Crippen molar-refractivity contribution in [2.75, 3.05) is 11.8 Å². The van der Waals surface area contributed by atoms with Crippen LogP contribution >= 0.6 is 0 Å². The molecule has 0 fully saturated rings. The third-order valence-corrected chi connectivity index (χ3v) is 6.61. The van der Waals surface area contributed by atoms with Gasteiger partial charge in [-0.25, -0.2) is 13.2 Å². The number of benzene rings is 3. The summed E-state index contributed by atoms with van der Waals surface area (Å²) in [6.07, 6.45) is 0.513. The van der Waals surface area contributed by atoms with E-state index in [4.69, 9.17) is 9.47 Å². The van der Waals surface area contributed by atoms with Gasteiger partial charge in [0.2, 0.25) is 5.78 Å². The van der Waals surface area contributed by atoms with E-state index in [2.05, 4.69) is 9.71 Å². The highest BCUT2D eigenvalue weighted by molar-refractivity contribution is 7.92. The number of aromatic amines is 1. The molecule has 4 aromatic rings. The van der Waals surface area contributed by atoms with Crippen LogP contribution in [0.2, 0.25) is 0 Å². The molecule has 0 aliphatic carbocycles. The number of para-hydroxylation sites is 1. The molecule has 2 N–H and O–H groups in total. The van der Waals surface area contributed by atoms with E-state index in [9.17, 15) is 18.0 Å². The second-order valence-corrected chi connectivity index (χ2v) is 9.20. The molecule has 3 aromatic carbocycles. The Morgan fingerprint density at radius 2 is 1.71 bits per heavy atom. The summed E-state index contributed by atoms with van der Waals surface area (Å²) in [5.74, 6) is -0.582. The van der Waals surface area contributed by atoms with Gasteiger partial charge in [0.15, 0.2) is 6.10 Å². The Morgan fingerprint density at radius 3 is 2.44 bits per heavy atom. The maximum absolute atomic E-state index is 12.8. The topological polar surface area (TPSA) is 115 Å². The fourth-order valence-corrected chi connectivity index (χ4v) is 4.54. The predicted molar refractivity (Wildman–Crippen MR) is 128 cm³/mol. The van der Waals surface area contributed by atoms with E-state index in [-0.39, 0.29) is 16.2 Å². The van der Waals surface area contributed by atoms with Crippen LogP contribution in [0.1, 0.15) is 27.6 Å². The number of aromatic nitrogens is 1. The van der Waals surface area contributed by atoms with Crippen LogP contribution in [0.3, 0.4) is 0 Å². The minimum Gasteiger partial charge on any atom is -0.497 e. The summed E-state index contributed by atoms with van der Waals surface area (Å²) in [7, 11) is -2.45. The number of H-pyrrole nitrogens is 1. The summed E-state index contributed by atoms with van der Waals surface area (Å²) >= 11 is 0. The van der Waals surface area contributed by atoms with Gasteiger partial charge in [-0.15, -0.1) is 0 Å². The number of Topliss-reactive ketones (excluding diaryl/α,β-unsaturated/α-hetero) is 1. The maximum Gasteiger partial charge on any atom is 0.338 e. The lowest BCUT2D eigenvalue weighted by Crippen LogP contribution is -2.24. The zero-order chi connectivity index (χ0) is 24.3. The number of nitrogens with one attached hydrogen (secondary N) is 2. The summed E-state index contributed by atoms with van der Waals surface area (Å²) in [5.41, 5.74) is 1.56. The van der Waals surface area contributed by atoms with Crippen molar-refractivity contribution < 1.29 is 27.5 Å². The molecule has 0 spiro atoms. The normalized spacial score (nSPS) is 12.2. The molecule has 1 unspecified atom stereocenters. The Bertz CT molecular complexity index is 1460. The summed E-state index contributed by atoms with van der Waals surface area (Å²) in [6, 6.07) is 19.1. The summed E-state index contributed by atoms with van der Waals surface area (Å²) in [6.45, 7) is 1.48. The smallest absolute Gasteiger partial charge is 0.338 e. The predicted octanol–water partition coefficient (Wildman–Crippen LogP) is 4.41. The van der Waals surface area contributed by atoms with Crippen LogP contribution in [0.5, 0.6) is 5.75 Å². The maximum atomic E-state index is 12.8. The molecule has 0 bridgehead atoms. The first-order valence-electron chi connectivity index (χ1n) is 10.4. The van der Waals surface area contributed by atoms with Crippen LogP contribution in [0.15, 0.2) is 83.9 Å². The Morgan fingerprint density at radius 1 is 0.971 bits per heavy atom. The molecule has 9 heteroatoms. The minimum atomic E-state index is -3.96. The van der Waals surface area contributed by atoms with Crippen molar-refractivity contribution in [3.63, 3.8) is 0 Å². The van der Waals surface area contributed by atoms with E-state index >= 15 is 0 Å². The third kappa shape index (κ3) is 4.79. The van der Waals surface area contributed by atoms with Crippen molar-refractivity contribution in [1.29, 1.82) is 0 Å². The number of methoxy groups -OCH3 is 1. The van der Waals surface area contributed by atoms with E-state index in [1.165, 1.54) is 38.3 Å². The number of anilines is 1. The highest BCUT2D eigenvalue weighted by Crippen LogP contribution is 2.22. The molecule has 0 saturated heterocycles. The van der Waals surface area contributed by atoms with Crippen LogP contribution in [0, 0.1) is 0 Å². The van der Waals surface area contributed by atoms with E-state index in [1.54, 1.807) is 36.5 Å². The van der Waals surface area contributed by atoms with Crippen molar-refractivity contribution in [3.8, 4) is 5.75 Å². The molecular formula is C25H22N2O6S. The first kappa shape index (κ1) is 23.1. The van der Waals surface area contributed by atoms with Gasteiger partial charge >= 0.3 is 5.97 Å². The Labute approximate surface area is 196 Å². The molecule has 8 nitrogen and oxygen atoms in total. The van der Waals surface area contributed by atoms with Crippen molar-refractivity contribution in [2.24, 2.45) is 0 Å². The quantitative estimate of drug-likeness (QED) is 0.286. The number of ether oxygens (including phenoxy) is 2. The number of esters is 1. The van der Waals surface area contributed by atoms with Crippen molar-refractivity contribution in [3.05, 3.63) is 90.1 Å². The number of rotatable bonds is 8. The van der Waals surface area contributed by atoms with Crippen molar-refractivity contribution >= 4 is 38.4 Å². The summed E-state index contributed by atoms with van der Waals surface area (Å²) in [5, 5.41) is 0.730. The van der Waals surface area contributed by atoms with Gasteiger partial charge in [-0.05, 0) is 55.5 Å². The van der Waals surface area contributed by atoms with E-state index < -0.39 is 22.1 Å². The zero-order valence-corrected chi connectivity index (χ0v) is 19.3. The lowest BCUT2D eigenvalue weighted by Gasteiger charge is -2.13. The molecule has 1 heterocycles. The van der Waals surface area contributed by atoms with Crippen molar-refractivity contribution in [1.82, 2.24) is 4.98 Å². The average Bonchev–Trinajstić information content (AvgIpc) is 3.28. The average molecular weight is 479 g/mol. The Balaban J connectivity index is 1.49.